The van der Waals surface area contributed by atoms with Crippen molar-refractivity contribution in [3.05, 3.63) is 18.2 Å². The number of aromatic nitrogens is 2. The zero-order valence-electron chi connectivity index (χ0n) is 34.4. The van der Waals surface area contributed by atoms with Gasteiger partial charge in [0.25, 0.3) is 0 Å². The molecule has 0 bridgehead atoms. The number of ether oxygens (including phenoxy) is 2. The van der Waals surface area contributed by atoms with Crippen LogP contribution < -0.4 is 22.1 Å². The Balaban J connectivity index is 2.05. The molecule has 1 fully saturated rings. The predicted molar refractivity (Wildman–Crippen MR) is 218 cm³/mol. The molecule has 0 saturated carbocycles. The Kier molecular flexibility index (Phi) is 23.4. The summed E-state index contributed by atoms with van der Waals surface area (Å²) in [5.41, 5.74) is 11.5. The van der Waals surface area contributed by atoms with Crippen molar-refractivity contribution in [2.75, 3.05) is 45.3 Å². The first-order valence-corrected chi connectivity index (χ1v) is 22.1. The van der Waals surface area contributed by atoms with Gasteiger partial charge in [-0.05, 0) is 38.5 Å². The lowest BCUT2D eigenvalue weighted by atomic mass is 9.89. The lowest BCUT2D eigenvalue weighted by Gasteiger charge is -2.28. The molecule has 1 aromatic rings. The summed E-state index contributed by atoms with van der Waals surface area (Å²) in [5.74, 6) is -6.68. The van der Waals surface area contributed by atoms with Gasteiger partial charge in [-0.1, -0.05) is 13.8 Å². The topological polar surface area (TPSA) is 333 Å². The van der Waals surface area contributed by atoms with Gasteiger partial charge in [-0.25, -0.2) is 9.55 Å². The highest BCUT2D eigenvalue weighted by atomic mass is 32.1. The molecule has 7 atom stereocenters. The van der Waals surface area contributed by atoms with Gasteiger partial charge in [-0.3, -0.25) is 38.1 Å². The molecule has 0 aliphatic carbocycles. The number of hydrogen-bond acceptors (Lipinski definition) is 15. The third kappa shape index (κ3) is 19.0. The lowest BCUT2D eigenvalue weighted by molar-refractivity contribution is -0.140. The standard InChI is InChI=1S/C37H62N7O14PS/c1-22(2)14-28(42-37(52)30-6-4-9-44(30)34(49)8-11-57-13-12-56-10-5-7-31(46)27(38)20-60)32(47)16-24(15-25-18-40-21-41-25)36(51)43-29(19-45)33(48)17-26(35(39)50)23(3)58-59(53,54)55/h18,21-24,26-30,45,60H,4-17,19-20,38H2,1-3H3,(H2,39,50)(H,40,41)(H,42,52)(H,43,51)(H2,53,54,55)/t23?,24-,26+,27+,28+,29+,30+/m1/s1. The number of aliphatic hydroxyl groups is 1. The van der Waals surface area contributed by atoms with E-state index in [4.69, 9.17) is 30.7 Å². The second kappa shape index (κ2) is 26.7. The molecular formula is C37H62N7O14PS. The fraction of sp³-hybridized carbons (Fsp3) is 0.730. The monoisotopic (exact) mass is 891 g/mol. The van der Waals surface area contributed by atoms with Crippen LogP contribution >= 0.6 is 20.5 Å². The number of ketones is 3. The van der Waals surface area contributed by atoms with Gasteiger partial charge in [0.1, 0.15) is 17.9 Å². The van der Waals surface area contributed by atoms with Gasteiger partial charge in [0.2, 0.25) is 23.6 Å². The summed E-state index contributed by atoms with van der Waals surface area (Å²) in [5, 5.41) is 15.3. The molecule has 1 aliphatic heterocycles. The van der Waals surface area contributed by atoms with E-state index in [0.717, 1.165) is 6.92 Å². The Hall–Kier alpha value is -3.60. The second-order valence-corrected chi connectivity index (χ2v) is 16.7. The van der Waals surface area contributed by atoms with Crippen LogP contribution in [-0.2, 0) is 58.5 Å². The lowest BCUT2D eigenvalue weighted by Crippen LogP contribution is -2.52. The average Bonchev–Trinajstić information content (AvgIpc) is 3.89. The Morgan fingerprint density at radius 2 is 1.65 bits per heavy atom. The number of imidazole rings is 1. The Morgan fingerprint density at radius 1 is 0.983 bits per heavy atom. The van der Waals surface area contributed by atoms with Crippen LogP contribution in [0.25, 0.3) is 0 Å². The molecule has 0 spiro atoms. The molecule has 1 unspecified atom stereocenters. The van der Waals surface area contributed by atoms with Crippen molar-refractivity contribution in [3.8, 4) is 0 Å². The number of primary amides is 1. The minimum atomic E-state index is -5.06. The average molecular weight is 892 g/mol. The van der Waals surface area contributed by atoms with Gasteiger partial charge < -0.3 is 56.4 Å². The van der Waals surface area contributed by atoms with Gasteiger partial charge in [0, 0.05) is 56.5 Å². The highest BCUT2D eigenvalue weighted by molar-refractivity contribution is 7.80. The van der Waals surface area contributed by atoms with Crippen molar-refractivity contribution in [3.63, 3.8) is 0 Å². The van der Waals surface area contributed by atoms with Gasteiger partial charge in [-0.2, -0.15) is 12.6 Å². The van der Waals surface area contributed by atoms with E-state index in [1.54, 1.807) is 0 Å². The molecule has 1 aromatic heterocycles. The third-order valence-electron chi connectivity index (χ3n) is 9.83. The first-order chi connectivity index (χ1) is 28.3. The van der Waals surface area contributed by atoms with Gasteiger partial charge in [0.15, 0.2) is 11.6 Å². The number of phosphoric acid groups is 1. The Labute approximate surface area is 354 Å². The normalized spacial score (nSPS) is 17.4. The van der Waals surface area contributed by atoms with E-state index >= 15 is 0 Å². The molecule has 2 heterocycles. The number of phosphoric ester groups is 1. The van der Waals surface area contributed by atoms with Gasteiger partial charge >= 0.3 is 7.82 Å². The number of aromatic amines is 1. The molecule has 0 radical (unpaired) electrons. The highest BCUT2D eigenvalue weighted by Gasteiger charge is 2.38. The van der Waals surface area contributed by atoms with Crippen molar-refractivity contribution >= 4 is 61.4 Å². The van der Waals surface area contributed by atoms with Crippen molar-refractivity contribution in [2.45, 2.75) is 109 Å². The fourth-order valence-electron chi connectivity index (χ4n) is 6.58. The van der Waals surface area contributed by atoms with Crippen LogP contribution in [-0.4, -0.2) is 146 Å². The van der Waals surface area contributed by atoms with E-state index in [1.807, 2.05) is 13.8 Å². The quantitative estimate of drug-likeness (QED) is 0.0248. The van der Waals surface area contributed by atoms with E-state index in [0.29, 0.717) is 44.5 Å². The molecule has 60 heavy (non-hydrogen) atoms. The molecule has 4 amide bonds. The van der Waals surface area contributed by atoms with E-state index in [9.17, 15) is 43.2 Å². The SMILES string of the molecule is CC(C)C[C@H](NC(=O)[C@@H]1CCCN1C(=O)CCOCCOCCCC(=O)[C@@H](N)CS)C(=O)C[C@@H](Cc1cnc[nH]1)C(=O)N[C@@H](CO)C(=O)C[C@H](C(N)=O)C(C)OP(=O)(O)O. The third-order valence-corrected chi connectivity index (χ3v) is 10.8. The predicted octanol–water partition coefficient (Wildman–Crippen LogP) is -0.885. The molecule has 21 nitrogen and oxygen atoms in total. The summed E-state index contributed by atoms with van der Waals surface area (Å²) < 4.78 is 26.8. The molecule has 2 rings (SSSR count). The highest BCUT2D eigenvalue weighted by Crippen LogP contribution is 2.39. The van der Waals surface area contributed by atoms with E-state index < -0.39 is 98.7 Å². The van der Waals surface area contributed by atoms with Crippen LogP contribution in [0.3, 0.4) is 0 Å². The Bertz CT molecular complexity index is 1610. The number of hydrogen-bond donors (Lipinski definition) is 9. The summed E-state index contributed by atoms with van der Waals surface area (Å²) in [7, 11) is -5.06. The molecular weight excluding hydrogens is 829 g/mol. The summed E-state index contributed by atoms with van der Waals surface area (Å²) >= 11 is 4.01. The number of nitrogens with two attached hydrogens (primary N) is 2. The smallest absolute Gasteiger partial charge is 0.394 e. The number of H-pyrrole nitrogens is 1. The van der Waals surface area contributed by atoms with E-state index in [-0.39, 0.29) is 62.4 Å². The zero-order valence-corrected chi connectivity index (χ0v) is 36.2. The molecule has 0 aromatic carbocycles. The number of nitrogens with zero attached hydrogens (tertiary/aromatic N) is 2. The minimum absolute atomic E-state index is 0.0133. The van der Waals surface area contributed by atoms with Crippen LogP contribution in [0, 0.1) is 17.8 Å². The number of amides is 4. The van der Waals surface area contributed by atoms with Crippen LogP contribution in [0.2, 0.25) is 0 Å². The Morgan fingerprint density at radius 3 is 2.23 bits per heavy atom. The van der Waals surface area contributed by atoms with Crippen LogP contribution in [0.5, 0.6) is 0 Å². The zero-order chi connectivity index (χ0) is 45.0. The maximum Gasteiger partial charge on any atom is 0.469 e. The molecule has 1 aliphatic rings. The molecule has 1 saturated heterocycles. The van der Waals surface area contributed by atoms with Crippen LogP contribution in [0.1, 0.15) is 77.8 Å². The summed E-state index contributed by atoms with van der Waals surface area (Å²) in [6.45, 7) is 5.18. The number of rotatable bonds is 31. The first-order valence-electron chi connectivity index (χ1n) is 19.9. The van der Waals surface area contributed by atoms with E-state index in [2.05, 4.69) is 37.8 Å². The number of nitrogens with one attached hydrogen (secondary N) is 3. The van der Waals surface area contributed by atoms with Crippen molar-refractivity contribution in [2.24, 2.45) is 29.2 Å². The summed E-state index contributed by atoms with van der Waals surface area (Å²) in [4.78, 5) is 118. The van der Waals surface area contributed by atoms with Gasteiger partial charge in [-0.15, -0.1) is 0 Å². The maximum atomic E-state index is 13.9. The summed E-state index contributed by atoms with van der Waals surface area (Å²) in [6.07, 6.45) is 2.06. The second-order valence-electron chi connectivity index (χ2n) is 15.1. The number of carbonyl (C=O) groups excluding carboxylic acids is 7. The van der Waals surface area contributed by atoms with Crippen molar-refractivity contribution in [1.29, 1.82) is 0 Å². The first kappa shape index (κ1) is 52.5. The molecule has 23 heteroatoms. The number of carbonyl (C=O) groups is 7. The van der Waals surface area contributed by atoms with E-state index in [1.165, 1.54) is 17.4 Å². The van der Waals surface area contributed by atoms with Crippen molar-refractivity contribution < 1.29 is 67.0 Å². The largest absolute Gasteiger partial charge is 0.469 e. The number of aliphatic hydroxyl groups excluding tert-OH is 1. The maximum absolute atomic E-state index is 13.9. The summed E-state index contributed by atoms with van der Waals surface area (Å²) in [6, 6.07) is -4.06. The minimum Gasteiger partial charge on any atom is -0.394 e. The van der Waals surface area contributed by atoms with Crippen LogP contribution in [0.4, 0.5) is 0 Å². The van der Waals surface area contributed by atoms with Crippen LogP contribution in [0.15, 0.2) is 12.5 Å². The van der Waals surface area contributed by atoms with Gasteiger partial charge in [0.05, 0.1) is 69.2 Å². The number of Topliss-reactive ketones (excluding diaryl/α,β-unsaturated/α-hetero) is 3. The van der Waals surface area contributed by atoms with Crippen molar-refractivity contribution in [1.82, 2.24) is 25.5 Å². The fourth-order valence-corrected chi connectivity index (χ4v) is 7.36. The number of thiol groups is 1. The molecule has 10 N–H and O–H groups in total. The molecule has 340 valence electrons. The number of likely N-dealkylation sites (tertiary alicyclic amines) is 1.